The van der Waals surface area contributed by atoms with Crippen molar-refractivity contribution in [2.75, 3.05) is 13.1 Å². The quantitative estimate of drug-likeness (QED) is 0.0418. The first-order valence-electron chi connectivity index (χ1n) is 27.7. The number of fused-ring (bicyclic) bond motifs is 1. The number of amides is 4. The van der Waals surface area contributed by atoms with Crippen molar-refractivity contribution in [3.63, 3.8) is 0 Å². The summed E-state index contributed by atoms with van der Waals surface area (Å²) in [5, 5.41) is 21.9. The predicted octanol–water partition coefficient (Wildman–Crippen LogP) is 13.2. The number of carbonyl (C=O) groups excluding carboxylic acids is 5. The van der Waals surface area contributed by atoms with Crippen LogP contribution in [0.4, 0.5) is 9.59 Å². The Kier molecular flexibility index (Phi) is 22.8. The molecule has 7 N–H and O–H groups in total. The summed E-state index contributed by atoms with van der Waals surface area (Å²) in [4.78, 5) is 82.4. The number of benzene rings is 6. The molecule has 2 aromatic heterocycles. The van der Waals surface area contributed by atoms with Gasteiger partial charge in [-0.2, -0.15) is 5.26 Å². The molecule has 4 heterocycles. The molecule has 2 fully saturated rings. The number of hydrogen-bond acceptors (Lipinski definition) is 10. The van der Waals surface area contributed by atoms with E-state index in [-0.39, 0.29) is 60.5 Å². The van der Waals surface area contributed by atoms with Gasteiger partial charge >= 0.3 is 12.2 Å². The molecular weight excluding hydrogens is 1230 g/mol. The average molecular weight is 1300 g/mol. The second-order valence-corrected chi connectivity index (χ2v) is 22.6. The third kappa shape index (κ3) is 17.3. The van der Waals surface area contributed by atoms with Gasteiger partial charge in [-0.05, 0) is 130 Å². The largest absolute Gasteiger partial charge is 0.447 e. The van der Waals surface area contributed by atoms with E-state index >= 15 is 0 Å². The third-order valence-corrected chi connectivity index (χ3v) is 15.1. The van der Waals surface area contributed by atoms with Crippen LogP contribution in [0.25, 0.3) is 33.5 Å². The molecule has 0 saturated carbocycles. The summed E-state index contributed by atoms with van der Waals surface area (Å²) in [6, 6.07) is 48.1. The molecule has 20 heteroatoms. The summed E-state index contributed by atoms with van der Waals surface area (Å²) in [5.41, 5.74) is 13.3. The van der Waals surface area contributed by atoms with Crippen LogP contribution in [0.5, 0.6) is 0 Å². The zero-order valence-corrected chi connectivity index (χ0v) is 51.4. The van der Waals surface area contributed by atoms with Gasteiger partial charge in [0.2, 0.25) is 5.91 Å². The van der Waals surface area contributed by atoms with Gasteiger partial charge in [-0.15, -0.1) is 12.4 Å². The highest BCUT2D eigenvalue weighted by molar-refractivity contribution is 9.10. The number of Topliss-reactive ketones (excluding diaryl/α,β-unsaturated/α-hetero) is 1. The zero-order valence-electron chi connectivity index (χ0n) is 47.4. The van der Waals surface area contributed by atoms with Gasteiger partial charge in [0, 0.05) is 56.2 Å². The highest BCUT2D eigenvalue weighted by atomic mass is 79.9. The molecule has 0 unspecified atom stereocenters. The van der Waals surface area contributed by atoms with E-state index in [1.54, 1.807) is 87.3 Å². The third-order valence-electron chi connectivity index (χ3n) is 14.0. The second-order valence-electron chi connectivity index (χ2n) is 20.8. The molecule has 17 nitrogen and oxygen atoms in total. The fraction of sp³-hybridized carbons (Fsp3) is 0.262. The number of nitrogen functional groups attached to an aromatic ring is 1. The fourth-order valence-electron chi connectivity index (χ4n) is 10.0. The van der Waals surface area contributed by atoms with Crippen LogP contribution in [0, 0.1) is 16.7 Å². The molecule has 4 amide bonds. The molecule has 85 heavy (non-hydrogen) atoms. The van der Waals surface area contributed by atoms with Crippen LogP contribution in [0.2, 0.25) is 0 Å². The van der Waals surface area contributed by atoms with Crippen LogP contribution in [0.15, 0.2) is 173 Å². The first kappa shape index (κ1) is 64.0. The van der Waals surface area contributed by atoms with Crippen LogP contribution in [-0.2, 0) is 30.3 Å². The molecule has 2 aliphatic heterocycles. The molecule has 2 saturated heterocycles. The number of carbonyl (C=O) groups is 5. The molecule has 0 aliphatic carbocycles. The Labute approximate surface area is 517 Å². The lowest BCUT2D eigenvalue weighted by Gasteiger charge is -2.29. The van der Waals surface area contributed by atoms with E-state index in [4.69, 9.17) is 30.9 Å². The summed E-state index contributed by atoms with van der Waals surface area (Å²) in [7, 11) is 0. The van der Waals surface area contributed by atoms with Gasteiger partial charge in [-0.1, -0.05) is 135 Å². The number of nitrogens with two attached hydrogens (primary N) is 1. The number of nitrogens with zero attached hydrogens (tertiary/aromatic N) is 4. The molecule has 0 radical (unpaired) electrons. The summed E-state index contributed by atoms with van der Waals surface area (Å²) < 4.78 is 12.6. The average Bonchev–Trinajstić information content (AvgIpc) is 2.59. The zero-order chi connectivity index (χ0) is 59.9. The first-order chi connectivity index (χ1) is 40.4. The van der Waals surface area contributed by atoms with Crippen LogP contribution >= 0.6 is 44.3 Å². The smallest absolute Gasteiger partial charge is 0.408 e. The molecule has 0 bridgehead atoms. The number of likely N-dealkylation sites (tertiary alicyclic amines) is 2. The molecule has 0 spiro atoms. The Hall–Kier alpha value is -8.57. The van der Waals surface area contributed by atoms with Crippen molar-refractivity contribution in [2.24, 2.45) is 5.73 Å². The van der Waals surface area contributed by atoms with Gasteiger partial charge in [0.05, 0.1) is 47.8 Å². The molecular formula is C65H67Br2ClN10O7. The van der Waals surface area contributed by atoms with E-state index in [1.807, 2.05) is 114 Å². The number of amidine groups is 1. The normalized spacial score (nSPS) is 15.0. The summed E-state index contributed by atoms with van der Waals surface area (Å²) >= 11 is 6.55. The first-order valence-corrected chi connectivity index (χ1v) is 29.2. The SMILES string of the molecule is CC(C)OC(=O)N[C@@H](C(=O)N1CCC[C@H]1C(=O)Cc1ccc2[nH]c(-c3ccc(-c4ncc([C@@H]5CCCN5C(=O)[C@H](NC(=O)OC(C)C)c5ccccc5)[nH]4)cc3)cc2c1)c1ccccc1.Cl.N#Cc1ccc(Br)cc1.N=C(N)c1ccc(Br)cc1. The Morgan fingerprint density at radius 2 is 1.22 bits per heavy atom. The molecule has 4 atom stereocenters. The minimum atomic E-state index is -0.983. The molecule has 8 aromatic rings. The number of rotatable bonds is 15. The highest BCUT2D eigenvalue weighted by Crippen LogP contribution is 2.35. The fourth-order valence-corrected chi connectivity index (χ4v) is 10.6. The summed E-state index contributed by atoms with van der Waals surface area (Å²) in [5.74, 6) is 0.185. The maximum atomic E-state index is 14.1. The maximum Gasteiger partial charge on any atom is 0.408 e. The number of ketones is 1. The number of hydrogen-bond donors (Lipinski definition) is 6. The number of halogens is 3. The van der Waals surface area contributed by atoms with E-state index < -0.39 is 30.3 Å². The van der Waals surface area contributed by atoms with Crippen molar-refractivity contribution < 1.29 is 33.4 Å². The standard InChI is InChI=1S/C51H55N7O7.C7H7BrN2.C7H4BrN.ClH/c1-31(2)64-50(62)55-45(35-13-7-5-8-14-35)48(60)57-25-11-17-42(57)41-30-52-47(54-41)37-22-20-34(21-23-37)40-29-38-27-33(19-24-39(38)53-40)28-44(59)43-18-12-26-58(43)49(61)46(36-15-9-6-10-16-36)56-51(63)65-32(3)4;8-6-3-1-5(2-4-6)7(9)10;8-7-3-1-6(5-9)2-4-7;/h5-10,13-16,19-24,27,29-32,42-43,45-46,53H,11-12,17-18,25-26,28H2,1-4H3,(H,52,54)(H,55,62)(H,56,63);1-4H,(H3,9,10);1-4H;1H/t42-,43-,45+,46+;;;/m0.../s1. The Morgan fingerprint density at radius 1 is 0.694 bits per heavy atom. The van der Waals surface area contributed by atoms with E-state index in [2.05, 4.69) is 58.5 Å². The highest BCUT2D eigenvalue weighted by Gasteiger charge is 2.39. The monoisotopic (exact) mass is 1290 g/mol. The molecule has 2 aliphatic rings. The van der Waals surface area contributed by atoms with Crippen molar-refractivity contribution in [2.45, 2.75) is 96.2 Å². The molecule has 10 rings (SSSR count). The summed E-state index contributed by atoms with van der Waals surface area (Å²) in [6.07, 6.45) is 2.73. The number of imidazole rings is 1. The minimum Gasteiger partial charge on any atom is -0.447 e. The van der Waals surface area contributed by atoms with Gasteiger partial charge in [-0.25, -0.2) is 14.6 Å². The van der Waals surface area contributed by atoms with E-state index in [0.29, 0.717) is 48.4 Å². The van der Waals surface area contributed by atoms with Gasteiger partial charge in [-0.3, -0.25) is 19.8 Å². The Bertz CT molecular complexity index is 3610. The molecule has 6 aromatic carbocycles. The van der Waals surface area contributed by atoms with Crippen LogP contribution in [-0.4, -0.2) is 91.7 Å². The van der Waals surface area contributed by atoms with Crippen molar-refractivity contribution >= 4 is 90.8 Å². The second kappa shape index (κ2) is 30.3. The van der Waals surface area contributed by atoms with Crippen LogP contribution in [0.1, 0.15) is 105 Å². The molecule has 440 valence electrons. The number of aromatic amines is 2. The summed E-state index contributed by atoms with van der Waals surface area (Å²) in [6.45, 7) is 7.98. The van der Waals surface area contributed by atoms with Crippen molar-refractivity contribution in [1.82, 2.24) is 35.4 Å². The topological polar surface area (TPSA) is 252 Å². The van der Waals surface area contributed by atoms with Crippen LogP contribution < -0.4 is 16.4 Å². The minimum absolute atomic E-state index is 0. The van der Waals surface area contributed by atoms with Crippen molar-refractivity contribution in [3.8, 4) is 28.7 Å². The Balaban J connectivity index is 0.000000438. The lowest BCUT2D eigenvalue weighted by Crippen LogP contribution is -2.48. The van der Waals surface area contributed by atoms with Crippen LogP contribution in [0.3, 0.4) is 0 Å². The number of nitriles is 1. The number of nitrogens with one attached hydrogen (secondary N) is 5. The van der Waals surface area contributed by atoms with Gasteiger partial charge in [0.25, 0.3) is 5.91 Å². The number of H-pyrrole nitrogens is 2. The van der Waals surface area contributed by atoms with Crippen molar-refractivity contribution in [1.29, 1.82) is 10.7 Å². The van der Waals surface area contributed by atoms with E-state index in [1.165, 1.54) is 0 Å². The Morgan fingerprint density at radius 3 is 1.78 bits per heavy atom. The van der Waals surface area contributed by atoms with E-state index in [9.17, 15) is 24.0 Å². The van der Waals surface area contributed by atoms with Gasteiger partial charge < -0.3 is 45.6 Å². The number of alkyl carbamates (subject to hydrolysis) is 2. The predicted molar refractivity (Wildman–Crippen MR) is 338 cm³/mol. The lowest BCUT2D eigenvalue weighted by atomic mass is 9.99. The van der Waals surface area contributed by atoms with Gasteiger partial charge in [0.15, 0.2) is 5.78 Å². The lowest BCUT2D eigenvalue weighted by molar-refractivity contribution is -0.139. The maximum absolute atomic E-state index is 14.1. The van der Waals surface area contributed by atoms with Crippen molar-refractivity contribution in [3.05, 3.63) is 206 Å². The number of aromatic nitrogens is 3. The number of ether oxygens (including phenoxy) is 2. The van der Waals surface area contributed by atoms with Gasteiger partial charge in [0.1, 0.15) is 23.7 Å². The van der Waals surface area contributed by atoms with E-state index in [0.717, 1.165) is 66.3 Å².